The standard InChI is InChI=1S/C15H25NO/c1-5-12(2)10-15(3,16)11-13-6-8-14(17-4)9-7-13/h6-9,12H,5,10-11,16H2,1-4H3. The summed E-state index contributed by atoms with van der Waals surface area (Å²) in [6.45, 7) is 6.62. The van der Waals surface area contributed by atoms with E-state index in [-0.39, 0.29) is 5.54 Å². The van der Waals surface area contributed by atoms with Crippen molar-refractivity contribution in [1.29, 1.82) is 0 Å². The molecule has 0 bridgehead atoms. The molecule has 0 aliphatic heterocycles. The highest BCUT2D eigenvalue weighted by Gasteiger charge is 2.21. The Morgan fingerprint density at radius 2 is 1.88 bits per heavy atom. The molecular formula is C15H25NO. The van der Waals surface area contributed by atoms with Gasteiger partial charge < -0.3 is 10.5 Å². The fourth-order valence-corrected chi connectivity index (χ4v) is 2.22. The summed E-state index contributed by atoms with van der Waals surface area (Å²) in [7, 11) is 1.69. The summed E-state index contributed by atoms with van der Waals surface area (Å²) in [5.74, 6) is 1.58. The summed E-state index contributed by atoms with van der Waals surface area (Å²) in [5, 5.41) is 0. The molecular weight excluding hydrogens is 210 g/mol. The molecule has 2 N–H and O–H groups in total. The second-order valence-electron chi connectivity index (χ2n) is 5.40. The van der Waals surface area contributed by atoms with E-state index in [1.807, 2.05) is 12.1 Å². The maximum absolute atomic E-state index is 6.36. The average molecular weight is 235 g/mol. The van der Waals surface area contributed by atoms with Crippen LogP contribution in [0.2, 0.25) is 0 Å². The molecule has 2 atom stereocenters. The molecule has 0 saturated carbocycles. The van der Waals surface area contributed by atoms with Gasteiger partial charge in [0.15, 0.2) is 0 Å². The van der Waals surface area contributed by atoms with Crippen LogP contribution >= 0.6 is 0 Å². The topological polar surface area (TPSA) is 35.2 Å². The van der Waals surface area contributed by atoms with Crippen LogP contribution in [-0.2, 0) is 6.42 Å². The minimum absolute atomic E-state index is 0.121. The van der Waals surface area contributed by atoms with Crippen LogP contribution in [0.15, 0.2) is 24.3 Å². The van der Waals surface area contributed by atoms with Gasteiger partial charge in [-0.15, -0.1) is 0 Å². The molecule has 0 spiro atoms. The van der Waals surface area contributed by atoms with Gasteiger partial charge in [0.25, 0.3) is 0 Å². The molecule has 0 radical (unpaired) electrons. The minimum atomic E-state index is -0.121. The summed E-state index contributed by atoms with van der Waals surface area (Å²) in [4.78, 5) is 0. The lowest BCUT2D eigenvalue weighted by Crippen LogP contribution is -2.40. The average Bonchev–Trinajstić information content (AvgIpc) is 2.28. The lowest BCUT2D eigenvalue weighted by atomic mass is 9.84. The van der Waals surface area contributed by atoms with Gasteiger partial charge in [0, 0.05) is 5.54 Å². The summed E-state index contributed by atoms with van der Waals surface area (Å²) >= 11 is 0. The quantitative estimate of drug-likeness (QED) is 0.820. The monoisotopic (exact) mass is 235 g/mol. The van der Waals surface area contributed by atoms with Crippen molar-refractivity contribution in [2.75, 3.05) is 7.11 Å². The van der Waals surface area contributed by atoms with Crippen molar-refractivity contribution in [3.05, 3.63) is 29.8 Å². The highest BCUT2D eigenvalue weighted by molar-refractivity contribution is 5.28. The fourth-order valence-electron chi connectivity index (χ4n) is 2.22. The largest absolute Gasteiger partial charge is 0.497 e. The Morgan fingerprint density at radius 1 is 1.29 bits per heavy atom. The normalized spacial score (nSPS) is 16.3. The van der Waals surface area contributed by atoms with Crippen LogP contribution in [0.5, 0.6) is 5.75 Å². The van der Waals surface area contributed by atoms with E-state index >= 15 is 0 Å². The minimum Gasteiger partial charge on any atom is -0.497 e. The van der Waals surface area contributed by atoms with Crippen molar-refractivity contribution in [2.24, 2.45) is 11.7 Å². The van der Waals surface area contributed by atoms with Gasteiger partial charge in [0.05, 0.1) is 7.11 Å². The summed E-state index contributed by atoms with van der Waals surface area (Å²) in [5.41, 5.74) is 7.52. The Balaban J connectivity index is 2.62. The number of ether oxygens (including phenoxy) is 1. The number of methoxy groups -OCH3 is 1. The number of nitrogens with two attached hydrogens (primary N) is 1. The summed E-state index contributed by atoms with van der Waals surface area (Å²) in [6, 6.07) is 8.18. The van der Waals surface area contributed by atoms with Crippen LogP contribution in [0.4, 0.5) is 0 Å². The summed E-state index contributed by atoms with van der Waals surface area (Å²) < 4.78 is 5.15. The molecule has 2 heteroatoms. The number of hydrogen-bond donors (Lipinski definition) is 1. The molecule has 0 aliphatic carbocycles. The lowest BCUT2D eigenvalue weighted by molar-refractivity contribution is 0.345. The van der Waals surface area contributed by atoms with E-state index < -0.39 is 0 Å². The van der Waals surface area contributed by atoms with Crippen molar-refractivity contribution in [2.45, 2.75) is 45.6 Å². The first-order valence-corrected chi connectivity index (χ1v) is 6.38. The number of rotatable bonds is 6. The molecule has 17 heavy (non-hydrogen) atoms. The van der Waals surface area contributed by atoms with Crippen molar-refractivity contribution in [1.82, 2.24) is 0 Å². The van der Waals surface area contributed by atoms with Gasteiger partial charge in [0.1, 0.15) is 5.75 Å². The Morgan fingerprint density at radius 3 is 2.35 bits per heavy atom. The van der Waals surface area contributed by atoms with Crippen molar-refractivity contribution in [3.8, 4) is 5.75 Å². The molecule has 1 rings (SSSR count). The van der Waals surface area contributed by atoms with E-state index in [4.69, 9.17) is 10.5 Å². The molecule has 1 aromatic carbocycles. The highest BCUT2D eigenvalue weighted by atomic mass is 16.5. The number of benzene rings is 1. The SMILES string of the molecule is CCC(C)CC(C)(N)Cc1ccc(OC)cc1. The lowest BCUT2D eigenvalue weighted by Gasteiger charge is -2.28. The Kier molecular flexibility index (Phi) is 5.01. The Hall–Kier alpha value is -1.02. The smallest absolute Gasteiger partial charge is 0.118 e. The van der Waals surface area contributed by atoms with E-state index in [1.54, 1.807) is 7.11 Å². The van der Waals surface area contributed by atoms with E-state index in [9.17, 15) is 0 Å². The molecule has 2 unspecified atom stereocenters. The second-order valence-corrected chi connectivity index (χ2v) is 5.40. The fraction of sp³-hybridized carbons (Fsp3) is 0.600. The predicted molar refractivity (Wildman–Crippen MR) is 73.4 cm³/mol. The zero-order valence-electron chi connectivity index (χ0n) is 11.5. The van der Waals surface area contributed by atoms with Gasteiger partial charge in [-0.25, -0.2) is 0 Å². The Labute approximate surface area is 105 Å². The van der Waals surface area contributed by atoms with Crippen LogP contribution in [0.1, 0.15) is 39.2 Å². The molecule has 0 saturated heterocycles. The molecule has 96 valence electrons. The number of hydrogen-bond acceptors (Lipinski definition) is 2. The zero-order chi connectivity index (χ0) is 12.9. The van der Waals surface area contributed by atoms with Crippen LogP contribution in [-0.4, -0.2) is 12.6 Å². The second kappa shape index (κ2) is 6.06. The van der Waals surface area contributed by atoms with Crippen molar-refractivity contribution in [3.63, 3.8) is 0 Å². The van der Waals surface area contributed by atoms with Crippen LogP contribution in [0.3, 0.4) is 0 Å². The first-order valence-electron chi connectivity index (χ1n) is 6.38. The first-order chi connectivity index (χ1) is 7.96. The van der Waals surface area contributed by atoms with E-state index in [0.717, 1.165) is 18.6 Å². The van der Waals surface area contributed by atoms with Gasteiger partial charge in [-0.2, -0.15) is 0 Å². The van der Waals surface area contributed by atoms with Gasteiger partial charge >= 0.3 is 0 Å². The maximum Gasteiger partial charge on any atom is 0.118 e. The molecule has 0 fully saturated rings. The zero-order valence-corrected chi connectivity index (χ0v) is 11.5. The summed E-state index contributed by atoms with van der Waals surface area (Å²) in [6.07, 6.45) is 3.17. The maximum atomic E-state index is 6.36. The van der Waals surface area contributed by atoms with Crippen LogP contribution in [0, 0.1) is 5.92 Å². The third-order valence-electron chi connectivity index (χ3n) is 3.28. The predicted octanol–water partition coefficient (Wildman–Crippen LogP) is 3.39. The van der Waals surface area contributed by atoms with E-state index in [0.29, 0.717) is 5.92 Å². The van der Waals surface area contributed by atoms with Gasteiger partial charge in [0.2, 0.25) is 0 Å². The third kappa shape index (κ3) is 4.78. The molecule has 1 aromatic rings. The van der Waals surface area contributed by atoms with Gasteiger partial charge in [-0.3, -0.25) is 0 Å². The molecule has 2 nitrogen and oxygen atoms in total. The molecule has 0 amide bonds. The third-order valence-corrected chi connectivity index (χ3v) is 3.28. The van der Waals surface area contributed by atoms with Crippen molar-refractivity contribution < 1.29 is 4.74 Å². The van der Waals surface area contributed by atoms with Gasteiger partial charge in [-0.05, 0) is 43.4 Å². The van der Waals surface area contributed by atoms with E-state index in [2.05, 4.69) is 32.9 Å². The molecule has 0 aliphatic rings. The van der Waals surface area contributed by atoms with Crippen molar-refractivity contribution >= 4 is 0 Å². The highest BCUT2D eigenvalue weighted by Crippen LogP contribution is 2.22. The Bertz CT molecular complexity index is 329. The molecule has 0 aromatic heterocycles. The molecule has 0 heterocycles. The van der Waals surface area contributed by atoms with Crippen LogP contribution < -0.4 is 10.5 Å². The first kappa shape index (κ1) is 14.0. The van der Waals surface area contributed by atoms with Gasteiger partial charge in [-0.1, -0.05) is 32.4 Å². The van der Waals surface area contributed by atoms with Crippen LogP contribution in [0.25, 0.3) is 0 Å². The van der Waals surface area contributed by atoms with E-state index in [1.165, 1.54) is 12.0 Å².